The van der Waals surface area contributed by atoms with Crippen molar-refractivity contribution in [2.75, 3.05) is 12.4 Å². The Hall–Kier alpha value is -2.01. The van der Waals surface area contributed by atoms with Crippen LogP contribution in [0.15, 0.2) is 29.8 Å². The van der Waals surface area contributed by atoms with Gasteiger partial charge in [0.15, 0.2) is 0 Å². The van der Waals surface area contributed by atoms with Gasteiger partial charge in [0.2, 0.25) is 0 Å². The first-order chi connectivity index (χ1) is 7.20. The summed E-state index contributed by atoms with van der Waals surface area (Å²) in [6, 6.07) is 4.92. The molecule has 0 unspecified atom stereocenters. The molecule has 4 N–H and O–H groups in total. The van der Waals surface area contributed by atoms with Gasteiger partial charge in [-0.15, -0.1) is 0 Å². The van der Waals surface area contributed by atoms with Crippen molar-refractivity contribution < 1.29 is 10.3 Å². The molecule has 0 amide bonds. The summed E-state index contributed by atoms with van der Waals surface area (Å²) < 4.78 is 0. The Kier molecular flexibility index (Phi) is 3.70. The van der Waals surface area contributed by atoms with Crippen molar-refractivity contribution in [3.63, 3.8) is 0 Å². The molecule has 0 radical (unpaired) electrons. The highest BCUT2D eigenvalue weighted by Crippen LogP contribution is 2.29. The molecule has 0 saturated heterocycles. The Morgan fingerprint density at radius 3 is 2.87 bits per heavy atom. The van der Waals surface area contributed by atoms with E-state index in [2.05, 4.69) is 16.9 Å². The van der Waals surface area contributed by atoms with Crippen LogP contribution < -0.4 is 10.8 Å². The SMILES string of the molecule is C=C(NO)c1c(O)cccc1NC=NC. The third-order valence-corrected chi connectivity index (χ3v) is 1.83. The fourth-order valence-corrected chi connectivity index (χ4v) is 1.17. The third kappa shape index (κ3) is 2.47. The number of nitrogens with one attached hydrogen (secondary N) is 2. The van der Waals surface area contributed by atoms with Gasteiger partial charge in [-0.2, -0.15) is 0 Å². The van der Waals surface area contributed by atoms with E-state index >= 15 is 0 Å². The van der Waals surface area contributed by atoms with Crippen LogP contribution in [0.2, 0.25) is 0 Å². The van der Waals surface area contributed by atoms with E-state index in [4.69, 9.17) is 5.21 Å². The molecule has 0 aliphatic heterocycles. The van der Waals surface area contributed by atoms with E-state index < -0.39 is 0 Å². The van der Waals surface area contributed by atoms with Crippen LogP contribution >= 0.6 is 0 Å². The van der Waals surface area contributed by atoms with Gasteiger partial charge in [0, 0.05) is 7.05 Å². The highest BCUT2D eigenvalue weighted by Gasteiger charge is 2.09. The normalized spacial score (nSPS) is 10.3. The molecular formula is C10H13N3O2. The fourth-order valence-electron chi connectivity index (χ4n) is 1.17. The summed E-state index contributed by atoms with van der Waals surface area (Å²) in [4.78, 5) is 3.76. The van der Waals surface area contributed by atoms with E-state index in [9.17, 15) is 5.11 Å². The Labute approximate surface area is 87.7 Å². The van der Waals surface area contributed by atoms with Crippen LogP contribution in [0, 0.1) is 0 Å². The van der Waals surface area contributed by atoms with Crippen LogP contribution in [-0.4, -0.2) is 23.7 Å². The van der Waals surface area contributed by atoms with Gasteiger partial charge in [-0.3, -0.25) is 15.7 Å². The van der Waals surface area contributed by atoms with E-state index in [0.29, 0.717) is 11.3 Å². The van der Waals surface area contributed by atoms with Gasteiger partial charge < -0.3 is 10.4 Å². The quantitative estimate of drug-likeness (QED) is 0.342. The third-order valence-electron chi connectivity index (χ3n) is 1.83. The first-order valence-corrected chi connectivity index (χ1v) is 4.29. The van der Waals surface area contributed by atoms with Gasteiger partial charge >= 0.3 is 0 Å². The number of anilines is 1. The molecule has 0 saturated carbocycles. The zero-order valence-corrected chi connectivity index (χ0v) is 8.36. The van der Waals surface area contributed by atoms with E-state index in [1.54, 1.807) is 19.2 Å². The van der Waals surface area contributed by atoms with Gasteiger partial charge in [0.05, 0.1) is 23.3 Å². The standard InChI is InChI=1S/C10H13N3O2/c1-7(13-15)10-8(12-6-11-2)4-3-5-9(10)14/h3-6,13-15H,1H2,2H3,(H,11,12). The van der Waals surface area contributed by atoms with Crippen molar-refractivity contribution in [1.82, 2.24) is 5.48 Å². The molecule has 0 fully saturated rings. The molecule has 15 heavy (non-hydrogen) atoms. The maximum atomic E-state index is 9.60. The summed E-state index contributed by atoms with van der Waals surface area (Å²) in [7, 11) is 1.62. The molecule has 0 aliphatic rings. The Morgan fingerprint density at radius 1 is 1.53 bits per heavy atom. The van der Waals surface area contributed by atoms with Gasteiger partial charge in [-0.25, -0.2) is 0 Å². The van der Waals surface area contributed by atoms with Crippen molar-refractivity contribution in [2.45, 2.75) is 0 Å². The fraction of sp³-hybridized carbons (Fsp3) is 0.100. The van der Waals surface area contributed by atoms with E-state index in [1.165, 1.54) is 12.4 Å². The van der Waals surface area contributed by atoms with Crippen LogP contribution in [0.3, 0.4) is 0 Å². The van der Waals surface area contributed by atoms with E-state index in [1.807, 2.05) is 5.48 Å². The molecule has 0 heterocycles. The van der Waals surface area contributed by atoms with Crippen molar-refractivity contribution in [3.8, 4) is 5.75 Å². The largest absolute Gasteiger partial charge is 0.507 e. The molecule has 5 nitrogen and oxygen atoms in total. The van der Waals surface area contributed by atoms with Crippen LogP contribution in [0.25, 0.3) is 5.70 Å². The lowest BCUT2D eigenvalue weighted by atomic mass is 10.1. The summed E-state index contributed by atoms with van der Waals surface area (Å²) >= 11 is 0. The number of aliphatic imine (C=N–C) groups is 1. The second-order valence-corrected chi connectivity index (χ2v) is 2.82. The monoisotopic (exact) mass is 207 g/mol. The molecule has 0 aliphatic carbocycles. The minimum Gasteiger partial charge on any atom is -0.507 e. The number of hydroxylamine groups is 1. The van der Waals surface area contributed by atoms with Crippen LogP contribution in [0.5, 0.6) is 5.75 Å². The predicted molar refractivity (Wildman–Crippen MR) is 60.1 cm³/mol. The summed E-state index contributed by atoms with van der Waals surface area (Å²) in [6.07, 6.45) is 1.48. The van der Waals surface area contributed by atoms with Crippen molar-refractivity contribution in [3.05, 3.63) is 30.3 Å². The minimum atomic E-state index is 0.0241. The van der Waals surface area contributed by atoms with E-state index in [-0.39, 0.29) is 11.4 Å². The second-order valence-electron chi connectivity index (χ2n) is 2.82. The van der Waals surface area contributed by atoms with Gasteiger partial charge in [0.25, 0.3) is 0 Å². The number of hydrogen-bond donors (Lipinski definition) is 4. The highest BCUT2D eigenvalue weighted by atomic mass is 16.5. The topological polar surface area (TPSA) is 76.9 Å². The number of rotatable bonds is 4. The molecule has 1 rings (SSSR count). The van der Waals surface area contributed by atoms with Crippen molar-refractivity contribution in [2.24, 2.45) is 4.99 Å². The molecule has 0 atom stereocenters. The molecule has 0 bridgehead atoms. The maximum absolute atomic E-state index is 9.60. The first-order valence-electron chi connectivity index (χ1n) is 4.29. The minimum absolute atomic E-state index is 0.0241. The molecule has 80 valence electrons. The molecule has 1 aromatic rings. The zero-order chi connectivity index (χ0) is 11.3. The van der Waals surface area contributed by atoms with Crippen LogP contribution in [0.1, 0.15) is 5.56 Å². The molecule has 0 aromatic heterocycles. The van der Waals surface area contributed by atoms with Gasteiger partial charge in [-0.05, 0) is 12.1 Å². The number of hydrogen-bond acceptors (Lipinski definition) is 4. The molecular weight excluding hydrogens is 194 g/mol. The van der Waals surface area contributed by atoms with Crippen molar-refractivity contribution in [1.29, 1.82) is 0 Å². The molecule has 0 spiro atoms. The van der Waals surface area contributed by atoms with Gasteiger partial charge in [0.1, 0.15) is 5.75 Å². The number of phenols is 1. The summed E-state index contributed by atoms with van der Waals surface area (Å²) in [5.74, 6) is 0.0241. The lowest BCUT2D eigenvalue weighted by Crippen LogP contribution is -2.07. The Morgan fingerprint density at radius 2 is 2.27 bits per heavy atom. The Bertz CT molecular complexity index is 388. The predicted octanol–water partition coefficient (Wildman–Crippen LogP) is 1.41. The maximum Gasteiger partial charge on any atom is 0.127 e. The van der Waals surface area contributed by atoms with Gasteiger partial charge in [-0.1, -0.05) is 12.6 Å². The summed E-state index contributed by atoms with van der Waals surface area (Å²) in [5, 5.41) is 21.2. The average Bonchev–Trinajstić information content (AvgIpc) is 2.25. The lowest BCUT2D eigenvalue weighted by Gasteiger charge is -2.11. The number of aromatic hydroxyl groups is 1. The average molecular weight is 207 g/mol. The van der Waals surface area contributed by atoms with E-state index in [0.717, 1.165) is 0 Å². The smallest absolute Gasteiger partial charge is 0.127 e. The highest BCUT2D eigenvalue weighted by molar-refractivity contribution is 5.85. The second kappa shape index (κ2) is 5.02. The molecule has 1 aromatic carbocycles. The zero-order valence-electron chi connectivity index (χ0n) is 8.36. The number of benzene rings is 1. The Balaban J connectivity index is 3.14. The van der Waals surface area contributed by atoms with Crippen LogP contribution in [-0.2, 0) is 0 Å². The number of phenolic OH excluding ortho intramolecular Hbond substituents is 1. The van der Waals surface area contributed by atoms with Crippen LogP contribution in [0.4, 0.5) is 5.69 Å². The number of nitrogens with zero attached hydrogens (tertiary/aromatic N) is 1. The first kappa shape index (κ1) is 11.1. The molecule has 5 heteroatoms. The summed E-state index contributed by atoms with van der Waals surface area (Å²) in [6.45, 7) is 3.57. The lowest BCUT2D eigenvalue weighted by molar-refractivity contribution is 0.224. The summed E-state index contributed by atoms with van der Waals surface area (Å²) in [5.41, 5.74) is 3.11. The van der Waals surface area contributed by atoms with Crippen molar-refractivity contribution >= 4 is 17.7 Å².